The molecule has 0 aliphatic carbocycles. The van der Waals surface area contributed by atoms with Gasteiger partial charge in [0.15, 0.2) is 0 Å². The molecule has 2 nitrogen and oxygen atoms in total. The average molecular weight is 233 g/mol. The smallest absolute Gasteiger partial charge is 0.122 e. The number of hydrogen-bond donors (Lipinski definition) is 1. The molecule has 0 saturated carbocycles. The third kappa shape index (κ3) is 3.74. The van der Waals surface area contributed by atoms with E-state index in [4.69, 9.17) is 4.74 Å². The fourth-order valence-corrected chi connectivity index (χ4v) is 2.15. The van der Waals surface area contributed by atoms with Gasteiger partial charge in [0.25, 0.3) is 0 Å². The van der Waals surface area contributed by atoms with E-state index in [0.29, 0.717) is 0 Å². The molecular weight excluding hydrogens is 210 g/mol. The van der Waals surface area contributed by atoms with Gasteiger partial charge in [-0.1, -0.05) is 12.1 Å². The maximum Gasteiger partial charge on any atom is 0.122 e. The molecule has 1 aliphatic heterocycles. The normalized spacial score (nSPS) is 14.5. The summed E-state index contributed by atoms with van der Waals surface area (Å²) in [6, 6.07) is 6.62. The molecular formula is C15H23NO. The standard InChI is InChI=1S/C15H23NO/c1-15(2,3)16-9-4-5-12-6-7-14-13(11-12)8-10-17-14/h6-7,11,16H,4-5,8-10H2,1-3H3. The Bertz CT molecular complexity index is 379. The fraction of sp³-hybridized carbons (Fsp3) is 0.600. The first-order valence-corrected chi connectivity index (χ1v) is 6.54. The summed E-state index contributed by atoms with van der Waals surface area (Å²) in [5.74, 6) is 1.08. The van der Waals surface area contributed by atoms with Crippen molar-refractivity contribution in [2.75, 3.05) is 13.2 Å². The van der Waals surface area contributed by atoms with E-state index in [1.165, 1.54) is 17.5 Å². The Morgan fingerprint density at radius 1 is 1.29 bits per heavy atom. The molecule has 1 heterocycles. The molecule has 1 aromatic carbocycles. The first-order chi connectivity index (χ1) is 8.04. The second-order valence-corrected chi connectivity index (χ2v) is 5.82. The monoisotopic (exact) mass is 233 g/mol. The van der Waals surface area contributed by atoms with E-state index in [9.17, 15) is 0 Å². The zero-order valence-electron chi connectivity index (χ0n) is 11.2. The molecule has 0 spiro atoms. The van der Waals surface area contributed by atoms with E-state index in [-0.39, 0.29) is 5.54 Å². The quantitative estimate of drug-likeness (QED) is 0.807. The third-order valence-electron chi connectivity index (χ3n) is 3.05. The van der Waals surface area contributed by atoms with Crippen LogP contribution in [0.2, 0.25) is 0 Å². The number of nitrogens with one attached hydrogen (secondary N) is 1. The summed E-state index contributed by atoms with van der Waals surface area (Å²) in [5.41, 5.74) is 3.04. The van der Waals surface area contributed by atoms with Gasteiger partial charge in [0.2, 0.25) is 0 Å². The van der Waals surface area contributed by atoms with Gasteiger partial charge in [-0.15, -0.1) is 0 Å². The van der Waals surface area contributed by atoms with Crippen molar-refractivity contribution in [1.29, 1.82) is 0 Å². The molecule has 0 radical (unpaired) electrons. The van der Waals surface area contributed by atoms with E-state index in [0.717, 1.165) is 31.7 Å². The van der Waals surface area contributed by atoms with Crippen molar-refractivity contribution in [3.63, 3.8) is 0 Å². The molecule has 94 valence electrons. The SMILES string of the molecule is CC(C)(C)NCCCc1ccc2c(c1)CCO2. The van der Waals surface area contributed by atoms with E-state index in [1.807, 2.05) is 0 Å². The van der Waals surface area contributed by atoms with Crippen molar-refractivity contribution in [3.8, 4) is 5.75 Å². The molecule has 2 rings (SSSR count). The molecule has 1 N–H and O–H groups in total. The predicted molar refractivity (Wildman–Crippen MR) is 71.7 cm³/mol. The summed E-state index contributed by atoms with van der Waals surface area (Å²) < 4.78 is 5.51. The van der Waals surface area contributed by atoms with Crippen LogP contribution in [0.15, 0.2) is 18.2 Å². The lowest BCUT2D eigenvalue weighted by Crippen LogP contribution is -2.36. The molecule has 0 bridgehead atoms. The number of hydrogen-bond acceptors (Lipinski definition) is 2. The lowest BCUT2D eigenvalue weighted by atomic mass is 10.0. The minimum atomic E-state index is 0.228. The Morgan fingerprint density at radius 2 is 2.12 bits per heavy atom. The second kappa shape index (κ2) is 5.09. The van der Waals surface area contributed by atoms with Crippen molar-refractivity contribution < 1.29 is 4.74 Å². The van der Waals surface area contributed by atoms with Gasteiger partial charge in [-0.05, 0) is 57.4 Å². The van der Waals surface area contributed by atoms with Crippen LogP contribution >= 0.6 is 0 Å². The number of aryl methyl sites for hydroxylation is 1. The van der Waals surface area contributed by atoms with Crippen LogP contribution in [0.1, 0.15) is 38.3 Å². The number of benzene rings is 1. The van der Waals surface area contributed by atoms with Crippen LogP contribution in [-0.2, 0) is 12.8 Å². The molecule has 0 unspecified atom stereocenters. The first-order valence-electron chi connectivity index (χ1n) is 6.54. The number of ether oxygens (including phenoxy) is 1. The van der Waals surface area contributed by atoms with E-state index >= 15 is 0 Å². The maximum atomic E-state index is 5.51. The van der Waals surface area contributed by atoms with Gasteiger partial charge in [-0.2, -0.15) is 0 Å². The van der Waals surface area contributed by atoms with Gasteiger partial charge in [0.1, 0.15) is 5.75 Å². The largest absolute Gasteiger partial charge is 0.493 e. The van der Waals surface area contributed by atoms with Crippen LogP contribution < -0.4 is 10.1 Å². The van der Waals surface area contributed by atoms with Gasteiger partial charge in [-0.25, -0.2) is 0 Å². The zero-order chi connectivity index (χ0) is 12.3. The maximum absolute atomic E-state index is 5.51. The van der Waals surface area contributed by atoms with Gasteiger partial charge in [0, 0.05) is 12.0 Å². The summed E-state index contributed by atoms with van der Waals surface area (Å²) >= 11 is 0. The van der Waals surface area contributed by atoms with Crippen LogP contribution in [0, 0.1) is 0 Å². The minimum Gasteiger partial charge on any atom is -0.493 e. The summed E-state index contributed by atoms with van der Waals surface area (Å²) in [5, 5.41) is 3.52. The molecule has 1 aromatic rings. The average Bonchev–Trinajstić information content (AvgIpc) is 2.70. The van der Waals surface area contributed by atoms with Crippen LogP contribution in [0.3, 0.4) is 0 Å². The Labute approximate surface area is 104 Å². The summed E-state index contributed by atoms with van der Waals surface area (Å²) in [6.45, 7) is 8.56. The number of rotatable bonds is 4. The summed E-state index contributed by atoms with van der Waals surface area (Å²) in [4.78, 5) is 0. The third-order valence-corrected chi connectivity index (χ3v) is 3.05. The van der Waals surface area contributed by atoms with Crippen LogP contribution in [-0.4, -0.2) is 18.7 Å². The topological polar surface area (TPSA) is 21.3 Å². The molecule has 0 amide bonds. The Hall–Kier alpha value is -1.02. The van der Waals surface area contributed by atoms with Gasteiger partial charge in [-0.3, -0.25) is 0 Å². The molecule has 0 fully saturated rings. The van der Waals surface area contributed by atoms with Crippen molar-refractivity contribution in [1.82, 2.24) is 5.32 Å². The highest BCUT2D eigenvalue weighted by Gasteiger charge is 2.12. The lowest BCUT2D eigenvalue weighted by molar-refractivity contribution is 0.357. The highest BCUT2D eigenvalue weighted by molar-refractivity contribution is 5.39. The van der Waals surface area contributed by atoms with Crippen molar-refractivity contribution >= 4 is 0 Å². The molecule has 1 aliphatic rings. The van der Waals surface area contributed by atoms with Crippen LogP contribution in [0.4, 0.5) is 0 Å². The molecule has 0 saturated heterocycles. The molecule has 0 atom stereocenters. The molecule has 0 aromatic heterocycles. The summed E-state index contributed by atoms with van der Waals surface area (Å²) in [6.07, 6.45) is 3.41. The first kappa shape index (κ1) is 12.4. The van der Waals surface area contributed by atoms with Crippen LogP contribution in [0.5, 0.6) is 5.75 Å². The highest BCUT2D eigenvalue weighted by Crippen LogP contribution is 2.26. The van der Waals surface area contributed by atoms with Gasteiger partial charge < -0.3 is 10.1 Å². The van der Waals surface area contributed by atoms with Crippen molar-refractivity contribution in [2.24, 2.45) is 0 Å². The van der Waals surface area contributed by atoms with Gasteiger partial charge in [0.05, 0.1) is 6.61 Å². The van der Waals surface area contributed by atoms with Crippen molar-refractivity contribution in [3.05, 3.63) is 29.3 Å². The van der Waals surface area contributed by atoms with E-state index < -0.39 is 0 Å². The zero-order valence-corrected chi connectivity index (χ0v) is 11.2. The lowest BCUT2D eigenvalue weighted by Gasteiger charge is -2.20. The van der Waals surface area contributed by atoms with Gasteiger partial charge >= 0.3 is 0 Å². The Balaban J connectivity index is 1.80. The highest BCUT2D eigenvalue weighted by atomic mass is 16.5. The minimum absolute atomic E-state index is 0.228. The fourth-order valence-electron chi connectivity index (χ4n) is 2.15. The Kier molecular flexibility index (Phi) is 3.72. The number of fused-ring (bicyclic) bond motifs is 1. The molecule has 17 heavy (non-hydrogen) atoms. The van der Waals surface area contributed by atoms with E-state index in [2.05, 4.69) is 44.3 Å². The van der Waals surface area contributed by atoms with Crippen molar-refractivity contribution in [2.45, 2.75) is 45.6 Å². The Morgan fingerprint density at radius 3 is 2.88 bits per heavy atom. The molecule has 2 heteroatoms. The summed E-state index contributed by atoms with van der Waals surface area (Å²) in [7, 11) is 0. The predicted octanol–water partition coefficient (Wildman–Crippen LogP) is 2.94. The second-order valence-electron chi connectivity index (χ2n) is 5.82. The van der Waals surface area contributed by atoms with E-state index in [1.54, 1.807) is 0 Å². The van der Waals surface area contributed by atoms with Crippen LogP contribution in [0.25, 0.3) is 0 Å².